The summed E-state index contributed by atoms with van der Waals surface area (Å²) >= 11 is 1.69. The molecule has 1 aromatic heterocycles. The third-order valence-corrected chi connectivity index (χ3v) is 4.27. The van der Waals surface area contributed by atoms with Crippen molar-refractivity contribution in [1.29, 1.82) is 0 Å². The van der Waals surface area contributed by atoms with Crippen LogP contribution in [0.15, 0.2) is 48.5 Å². The molecule has 1 N–H and O–H groups in total. The van der Waals surface area contributed by atoms with Gasteiger partial charge in [-0.15, -0.1) is 0 Å². The van der Waals surface area contributed by atoms with Gasteiger partial charge in [-0.25, -0.2) is 4.98 Å². The molecular formula is C17H18N2S. The standard InChI is InChI=1S/C17H18N2S/c1-2-3-6-13-9-11-14(12-10-13)18-17-19-15-7-4-5-8-16(15)20-17/h4-5,7-12H,2-3,6H2,1H3,(H,18,19). The summed E-state index contributed by atoms with van der Waals surface area (Å²) in [6.45, 7) is 2.23. The van der Waals surface area contributed by atoms with Gasteiger partial charge in [0.2, 0.25) is 0 Å². The number of anilines is 2. The van der Waals surface area contributed by atoms with Crippen LogP contribution in [0.1, 0.15) is 25.3 Å². The Morgan fingerprint density at radius 2 is 1.85 bits per heavy atom. The maximum absolute atomic E-state index is 4.59. The molecule has 0 aliphatic carbocycles. The second-order valence-electron chi connectivity index (χ2n) is 4.91. The van der Waals surface area contributed by atoms with Crippen LogP contribution >= 0.6 is 11.3 Å². The van der Waals surface area contributed by atoms with E-state index in [4.69, 9.17) is 0 Å². The molecule has 0 atom stereocenters. The molecule has 102 valence electrons. The van der Waals surface area contributed by atoms with Crippen molar-refractivity contribution in [2.75, 3.05) is 5.32 Å². The molecule has 0 saturated heterocycles. The van der Waals surface area contributed by atoms with E-state index in [2.05, 4.69) is 47.6 Å². The van der Waals surface area contributed by atoms with Gasteiger partial charge < -0.3 is 5.32 Å². The predicted molar refractivity (Wildman–Crippen MR) is 88.0 cm³/mol. The molecule has 20 heavy (non-hydrogen) atoms. The minimum Gasteiger partial charge on any atom is -0.332 e. The van der Waals surface area contributed by atoms with Crippen molar-refractivity contribution in [1.82, 2.24) is 4.98 Å². The second kappa shape index (κ2) is 6.06. The largest absolute Gasteiger partial charge is 0.332 e. The fraction of sp³-hybridized carbons (Fsp3) is 0.235. The number of rotatable bonds is 5. The number of fused-ring (bicyclic) bond motifs is 1. The van der Waals surface area contributed by atoms with Crippen LogP contribution < -0.4 is 5.32 Å². The average molecular weight is 282 g/mol. The van der Waals surface area contributed by atoms with Gasteiger partial charge in [0.1, 0.15) is 0 Å². The number of aryl methyl sites for hydroxylation is 1. The Hall–Kier alpha value is -1.87. The molecule has 0 fully saturated rings. The molecule has 0 saturated carbocycles. The number of aromatic nitrogens is 1. The molecule has 0 aliphatic rings. The molecule has 3 heteroatoms. The summed E-state index contributed by atoms with van der Waals surface area (Å²) in [5.74, 6) is 0. The smallest absolute Gasteiger partial charge is 0.188 e. The van der Waals surface area contributed by atoms with Crippen LogP contribution in [0.5, 0.6) is 0 Å². The molecule has 3 aromatic rings. The number of hydrogen-bond acceptors (Lipinski definition) is 3. The van der Waals surface area contributed by atoms with E-state index in [0.29, 0.717) is 0 Å². The van der Waals surface area contributed by atoms with Gasteiger partial charge in [0.05, 0.1) is 10.2 Å². The highest BCUT2D eigenvalue weighted by molar-refractivity contribution is 7.22. The van der Waals surface area contributed by atoms with Crippen LogP contribution in [0, 0.1) is 0 Å². The highest BCUT2D eigenvalue weighted by Gasteiger charge is 2.03. The first-order chi connectivity index (χ1) is 9.85. The van der Waals surface area contributed by atoms with Gasteiger partial charge in [-0.1, -0.05) is 48.9 Å². The predicted octanol–water partition coefficient (Wildman–Crippen LogP) is 5.38. The summed E-state index contributed by atoms with van der Waals surface area (Å²) in [4.78, 5) is 4.59. The lowest BCUT2D eigenvalue weighted by Gasteiger charge is -2.04. The van der Waals surface area contributed by atoms with E-state index >= 15 is 0 Å². The zero-order valence-corrected chi connectivity index (χ0v) is 12.4. The van der Waals surface area contributed by atoms with Crippen molar-refractivity contribution in [2.24, 2.45) is 0 Å². The molecule has 0 aliphatic heterocycles. The fourth-order valence-corrected chi connectivity index (χ4v) is 3.07. The number of nitrogens with zero attached hydrogens (tertiary/aromatic N) is 1. The Kier molecular flexibility index (Phi) is 3.97. The zero-order valence-electron chi connectivity index (χ0n) is 11.6. The number of hydrogen-bond donors (Lipinski definition) is 1. The topological polar surface area (TPSA) is 24.9 Å². The summed E-state index contributed by atoms with van der Waals surface area (Å²) in [5.41, 5.74) is 3.56. The lowest BCUT2D eigenvalue weighted by atomic mass is 10.1. The van der Waals surface area contributed by atoms with Crippen LogP contribution in [0.4, 0.5) is 10.8 Å². The Morgan fingerprint density at radius 3 is 2.60 bits per heavy atom. The van der Waals surface area contributed by atoms with Gasteiger partial charge >= 0.3 is 0 Å². The second-order valence-corrected chi connectivity index (χ2v) is 5.94. The van der Waals surface area contributed by atoms with Crippen molar-refractivity contribution < 1.29 is 0 Å². The molecule has 0 bridgehead atoms. The molecule has 2 nitrogen and oxygen atoms in total. The van der Waals surface area contributed by atoms with E-state index in [1.165, 1.54) is 23.1 Å². The number of benzene rings is 2. The molecule has 0 radical (unpaired) electrons. The Labute approximate surface area is 123 Å². The highest BCUT2D eigenvalue weighted by atomic mass is 32.1. The van der Waals surface area contributed by atoms with Crippen LogP contribution in [-0.4, -0.2) is 4.98 Å². The van der Waals surface area contributed by atoms with Gasteiger partial charge in [0.25, 0.3) is 0 Å². The monoisotopic (exact) mass is 282 g/mol. The summed E-state index contributed by atoms with van der Waals surface area (Å²) in [6.07, 6.45) is 3.66. The minimum atomic E-state index is 0.951. The zero-order chi connectivity index (χ0) is 13.8. The summed E-state index contributed by atoms with van der Waals surface area (Å²) in [6, 6.07) is 16.9. The SMILES string of the molecule is CCCCc1ccc(Nc2nc3ccccc3s2)cc1. The van der Waals surface area contributed by atoms with Crippen molar-refractivity contribution in [3.63, 3.8) is 0 Å². The van der Waals surface area contributed by atoms with E-state index in [1.54, 1.807) is 11.3 Å². The maximum atomic E-state index is 4.59. The van der Waals surface area contributed by atoms with Gasteiger partial charge in [-0.05, 0) is 42.7 Å². The summed E-state index contributed by atoms with van der Waals surface area (Å²) < 4.78 is 1.22. The Bertz CT molecular complexity index is 653. The van der Waals surface area contributed by atoms with Gasteiger partial charge in [0.15, 0.2) is 5.13 Å². The maximum Gasteiger partial charge on any atom is 0.188 e. The van der Waals surface area contributed by atoms with E-state index in [0.717, 1.165) is 22.8 Å². The Morgan fingerprint density at radius 1 is 1.05 bits per heavy atom. The third-order valence-electron chi connectivity index (χ3n) is 3.32. The van der Waals surface area contributed by atoms with Crippen molar-refractivity contribution in [2.45, 2.75) is 26.2 Å². The lowest BCUT2D eigenvalue weighted by Crippen LogP contribution is -1.90. The van der Waals surface area contributed by atoms with Crippen LogP contribution in [0.3, 0.4) is 0 Å². The molecule has 0 spiro atoms. The van der Waals surface area contributed by atoms with Gasteiger partial charge in [-0.3, -0.25) is 0 Å². The number of unbranched alkanes of at least 4 members (excludes halogenated alkanes) is 1. The molecule has 2 aromatic carbocycles. The quantitative estimate of drug-likeness (QED) is 0.679. The average Bonchev–Trinajstić information content (AvgIpc) is 2.89. The van der Waals surface area contributed by atoms with Gasteiger partial charge in [0, 0.05) is 5.69 Å². The number of thiazole rings is 1. The van der Waals surface area contributed by atoms with E-state index in [9.17, 15) is 0 Å². The fourth-order valence-electron chi connectivity index (χ4n) is 2.18. The van der Waals surface area contributed by atoms with Crippen LogP contribution in [-0.2, 0) is 6.42 Å². The molecular weight excluding hydrogens is 264 g/mol. The van der Waals surface area contributed by atoms with Crippen molar-refractivity contribution in [3.05, 3.63) is 54.1 Å². The van der Waals surface area contributed by atoms with Crippen LogP contribution in [0.2, 0.25) is 0 Å². The molecule has 3 rings (SSSR count). The highest BCUT2D eigenvalue weighted by Crippen LogP contribution is 2.28. The first kappa shape index (κ1) is 13.1. The Balaban J connectivity index is 1.73. The number of para-hydroxylation sites is 1. The summed E-state index contributed by atoms with van der Waals surface area (Å²) in [5, 5.41) is 4.34. The van der Waals surface area contributed by atoms with E-state index < -0.39 is 0 Å². The number of nitrogens with one attached hydrogen (secondary N) is 1. The first-order valence-corrected chi connectivity index (χ1v) is 7.88. The normalized spacial score (nSPS) is 10.8. The van der Waals surface area contributed by atoms with Crippen molar-refractivity contribution >= 4 is 32.4 Å². The third kappa shape index (κ3) is 2.99. The van der Waals surface area contributed by atoms with E-state index in [-0.39, 0.29) is 0 Å². The van der Waals surface area contributed by atoms with Crippen molar-refractivity contribution in [3.8, 4) is 0 Å². The summed E-state index contributed by atoms with van der Waals surface area (Å²) in [7, 11) is 0. The van der Waals surface area contributed by atoms with Gasteiger partial charge in [-0.2, -0.15) is 0 Å². The molecule has 1 heterocycles. The molecule has 0 amide bonds. The minimum absolute atomic E-state index is 0.951. The first-order valence-electron chi connectivity index (χ1n) is 7.06. The van der Waals surface area contributed by atoms with E-state index in [1.807, 2.05) is 18.2 Å². The van der Waals surface area contributed by atoms with Crippen LogP contribution in [0.25, 0.3) is 10.2 Å². The lowest BCUT2D eigenvalue weighted by molar-refractivity contribution is 0.795. The molecule has 0 unspecified atom stereocenters.